The standard InChI is InChI=1S/C20H27N5O/c1-3-21-20-23-12-17(13-24-20)19(26)22-9-11-25-10-8-16(14-25)18-7-5-4-6-15(18)2/h4-7,12-13,16H,3,8-11,14H2,1-2H3,(H,22,26)(H,21,23,24)/t16-/m0/s1. The summed E-state index contributed by atoms with van der Waals surface area (Å²) < 4.78 is 0. The smallest absolute Gasteiger partial charge is 0.254 e. The number of benzene rings is 1. The summed E-state index contributed by atoms with van der Waals surface area (Å²) in [4.78, 5) is 22.9. The summed E-state index contributed by atoms with van der Waals surface area (Å²) >= 11 is 0. The molecule has 2 N–H and O–H groups in total. The molecule has 2 heterocycles. The van der Waals surface area contributed by atoms with Crippen molar-refractivity contribution >= 4 is 11.9 Å². The van der Waals surface area contributed by atoms with Crippen LogP contribution in [0.4, 0.5) is 5.95 Å². The number of carbonyl (C=O) groups is 1. The molecule has 2 aromatic rings. The lowest BCUT2D eigenvalue weighted by atomic mass is 9.94. The first-order chi connectivity index (χ1) is 12.7. The van der Waals surface area contributed by atoms with Gasteiger partial charge < -0.3 is 15.5 Å². The monoisotopic (exact) mass is 353 g/mol. The van der Waals surface area contributed by atoms with Crippen molar-refractivity contribution in [1.29, 1.82) is 0 Å². The zero-order valence-electron chi connectivity index (χ0n) is 15.5. The van der Waals surface area contributed by atoms with Gasteiger partial charge in [0.1, 0.15) is 0 Å². The molecule has 1 amide bonds. The van der Waals surface area contributed by atoms with Crippen LogP contribution in [0.25, 0.3) is 0 Å². The fraction of sp³-hybridized carbons (Fsp3) is 0.450. The molecule has 26 heavy (non-hydrogen) atoms. The Balaban J connectivity index is 1.44. The molecule has 1 saturated heterocycles. The lowest BCUT2D eigenvalue weighted by Gasteiger charge is -2.17. The predicted molar refractivity (Wildman–Crippen MR) is 104 cm³/mol. The molecule has 6 heteroatoms. The van der Waals surface area contributed by atoms with Crippen molar-refractivity contribution in [1.82, 2.24) is 20.2 Å². The summed E-state index contributed by atoms with van der Waals surface area (Å²) in [5.41, 5.74) is 3.32. The molecule has 0 radical (unpaired) electrons. The number of likely N-dealkylation sites (tertiary alicyclic amines) is 1. The lowest BCUT2D eigenvalue weighted by Crippen LogP contribution is -2.34. The van der Waals surface area contributed by atoms with E-state index in [0.29, 0.717) is 24.0 Å². The Labute approximate surface area is 155 Å². The molecule has 1 aromatic carbocycles. The van der Waals surface area contributed by atoms with E-state index in [0.717, 1.165) is 26.2 Å². The minimum atomic E-state index is -0.123. The second kappa shape index (κ2) is 8.76. The second-order valence-corrected chi connectivity index (χ2v) is 6.72. The first-order valence-corrected chi connectivity index (χ1v) is 9.29. The number of amides is 1. The van der Waals surface area contributed by atoms with Gasteiger partial charge in [0.2, 0.25) is 5.95 Å². The Hall–Kier alpha value is -2.47. The minimum Gasteiger partial charge on any atom is -0.355 e. The van der Waals surface area contributed by atoms with Gasteiger partial charge in [0, 0.05) is 38.6 Å². The Bertz CT molecular complexity index is 731. The molecule has 1 aromatic heterocycles. The number of aryl methyl sites for hydroxylation is 1. The number of aromatic nitrogens is 2. The van der Waals surface area contributed by atoms with Gasteiger partial charge in [-0.1, -0.05) is 24.3 Å². The highest BCUT2D eigenvalue weighted by Crippen LogP contribution is 2.28. The van der Waals surface area contributed by atoms with Crippen molar-refractivity contribution in [2.24, 2.45) is 0 Å². The van der Waals surface area contributed by atoms with Gasteiger partial charge in [-0.25, -0.2) is 9.97 Å². The number of rotatable bonds is 7. The van der Waals surface area contributed by atoms with Gasteiger partial charge in [-0.2, -0.15) is 0 Å². The maximum atomic E-state index is 12.2. The molecule has 0 bridgehead atoms. The summed E-state index contributed by atoms with van der Waals surface area (Å²) in [5.74, 6) is 1.02. The summed E-state index contributed by atoms with van der Waals surface area (Å²) in [6.07, 6.45) is 4.30. The van der Waals surface area contributed by atoms with E-state index >= 15 is 0 Å². The van der Waals surface area contributed by atoms with E-state index in [9.17, 15) is 4.79 Å². The van der Waals surface area contributed by atoms with Gasteiger partial charge in [0.15, 0.2) is 0 Å². The molecule has 0 spiro atoms. The van der Waals surface area contributed by atoms with E-state index in [1.165, 1.54) is 17.5 Å². The van der Waals surface area contributed by atoms with Crippen LogP contribution in [0.2, 0.25) is 0 Å². The Morgan fingerprint density at radius 1 is 1.27 bits per heavy atom. The summed E-state index contributed by atoms with van der Waals surface area (Å²) in [5, 5.41) is 5.98. The summed E-state index contributed by atoms with van der Waals surface area (Å²) in [7, 11) is 0. The van der Waals surface area contributed by atoms with Crippen LogP contribution in [0.3, 0.4) is 0 Å². The molecule has 0 aliphatic carbocycles. The molecule has 1 fully saturated rings. The molecule has 1 aliphatic rings. The predicted octanol–water partition coefficient (Wildman–Crippen LogP) is 2.44. The van der Waals surface area contributed by atoms with Gasteiger partial charge >= 0.3 is 0 Å². The van der Waals surface area contributed by atoms with Crippen LogP contribution in [-0.2, 0) is 0 Å². The van der Waals surface area contributed by atoms with Gasteiger partial charge in [0.25, 0.3) is 5.91 Å². The number of hydrogen-bond acceptors (Lipinski definition) is 5. The molecular weight excluding hydrogens is 326 g/mol. The maximum absolute atomic E-state index is 12.2. The molecule has 1 aliphatic heterocycles. The molecule has 6 nitrogen and oxygen atoms in total. The molecule has 0 unspecified atom stereocenters. The van der Waals surface area contributed by atoms with E-state index < -0.39 is 0 Å². The SMILES string of the molecule is CCNc1ncc(C(=O)NCCN2CC[C@H](c3ccccc3C)C2)cn1. The van der Waals surface area contributed by atoms with Crippen LogP contribution in [0, 0.1) is 6.92 Å². The minimum absolute atomic E-state index is 0.123. The zero-order chi connectivity index (χ0) is 18.4. The maximum Gasteiger partial charge on any atom is 0.254 e. The van der Waals surface area contributed by atoms with E-state index in [-0.39, 0.29) is 5.91 Å². The van der Waals surface area contributed by atoms with Crippen molar-refractivity contribution in [2.75, 3.05) is 38.0 Å². The third kappa shape index (κ3) is 4.58. The van der Waals surface area contributed by atoms with Crippen LogP contribution < -0.4 is 10.6 Å². The lowest BCUT2D eigenvalue weighted by molar-refractivity contribution is 0.0949. The molecule has 3 rings (SSSR count). The van der Waals surface area contributed by atoms with Crippen molar-refractivity contribution in [3.05, 3.63) is 53.3 Å². The average molecular weight is 353 g/mol. The van der Waals surface area contributed by atoms with E-state index in [1.807, 2.05) is 6.92 Å². The zero-order valence-corrected chi connectivity index (χ0v) is 15.5. The topological polar surface area (TPSA) is 70.2 Å². The first-order valence-electron chi connectivity index (χ1n) is 9.29. The van der Waals surface area contributed by atoms with Crippen molar-refractivity contribution in [2.45, 2.75) is 26.2 Å². The molecule has 0 saturated carbocycles. The van der Waals surface area contributed by atoms with Crippen LogP contribution in [0.1, 0.15) is 40.7 Å². The first kappa shape index (κ1) is 18.3. The molecular formula is C20H27N5O. The quantitative estimate of drug-likeness (QED) is 0.800. The van der Waals surface area contributed by atoms with Crippen molar-refractivity contribution < 1.29 is 4.79 Å². The number of anilines is 1. The van der Waals surface area contributed by atoms with Crippen molar-refractivity contribution in [3.8, 4) is 0 Å². The second-order valence-electron chi connectivity index (χ2n) is 6.72. The fourth-order valence-electron chi connectivity index (χ4n) is 3.46. The summed E-state index contributed by atoms with van der Waals surface area (Å²) in [6, 6.07) is 8.63. The van der Waals surface area contributed by atoms with Gasteiger partial charge in [-0.3, -0.25) is 4.79 Å². The van der Waals surface area contributed by atoms with Crippen LogP contribution in [0.15, 0.2) is 36.7 Å². The Kier molecular flexibility index (Phi) is 6.17. The number of nitrogens with one attached hydrogen (secondary N) is 2. The van der Waals surface area contributed by atoms with Gasteiger partial charge in [-0.05, 0) is 43.9 Å². The van der Waals surface area contributed by atoms with E-state index in [4.69, 9.17) is 0 Å². The average Bonchev–Trinajstić information content (AvgIpc) is 3.11. The number of carbonyl (C=O) groups excluding carboxylic acids is 1. The van der Waals surface area contributed by atoms with Gasteiger partial charge in [0.05, 0.1) is 5.56 Å². The number of nitrogens with zero attached hydrogens (tertiary/aromatic N) is 3. The van der Waals surface area contributed by atoms with E-state index in [2.05, 4.69) is 56.7 Å². The molecule has 1 atom stereocenters. The van der Waals surface area contributed by atoms with Crippen LogP contribution in [0.5, 0.6) is 0 Å². The van der Waals surface area contributed by atoms with Crippen LogP contribution >= 0.6 is 0 Å². The largest absolute Gasteiger partial charge is 0.355 e. The van der Waals surface area contributed by atoms with Crippen molar-refractivity contribution in [3.63, 3.8) is 0 Å². The normalized spacial score (nSPS) is 17.2. The Morgan fingerprint density at radius 2 is 2.04 bits per heavy atom. The molecule has 138 valence electrons. The highest BCUT2D eigenvalue weighted by Gasteiger charge is 2.24. The van der Waals surface area contributed by atoms with Gasteiger partial charge in [-0.15, -0.1) is 0 Å². The highest BCUT2D eigenvalue weighted by molar-refractivity contribution is 5.93. The third-order valence-electron chi connectivity index (χ3n) is 4.86. The fourth-order valence-corrected chi connectivity index (χ4v) is 3.46. The number of hydrogen-bond donors (Lipinski definition) is 2. The summed E-state index contributed by atoms with van der Waals surface area (Å²) in [6.45, 7) is 8.55. The highest BCUT2D eigenvalue weighted by atomic mass is 16.1. The third-order valence-corrected chi connectivity index (χ3v) is 4.86. The Morgan fingerprint density at radius 3 is 2.77 bits per heavy atom. The van der Waals surface area contributed by atoms with Crippen LogP contribution in [-0.4, -0.2) is 53.5 Å². The van der Waals surface area contributed by atoms with E-state index in [1.54, 1.807) is 12.4 Å².